The fourth-order valence-electron chi connectivity index (χ4n) is 2.60. The highest BCUT2D eigenvalue weighted by Crippen LogP contribution is 2.36. The van der Waals surface area contributed by atoms with Crippen molar-refractivity contribution in [3.63, 3.8) is 0 Å². The summed E-state index contributed by atoms with van der Waals surface area (Å²) in [5.74, 6) is 0.577. The number of ketones is 1. The number of hydrogen-bond acceptors (Lipinski definition) is 3. The minimum Gasteiger partial charge on any atom is -0.444 e. The Labute approximate surface area is 95.9 Å². The van der Waals surface area contributed by atoms with Crippen LogP contribution in [-0.2, 0) is 9.53 Å². The Morgan fingerprint density at radius 1 is 1.38 bits per heavy atom. The van der Waals surface area contributed by atoms with Gasteiger partial charge in [0.05, 0.1) is 6.04 Å². The lowest BCUT2D eigenvalue weighted by molar-refractivity contribution is -0.121. The zero-order valence-corrected chi connectivity index (χ0v) is 10.2. The molecular formula is C12H19NO3. The first-order valence-electron chi connectivity index (χ1n) is 5.91. The summed E-state index contributed by atoms with van der Waals surface area (Å²) >= 11 is 0. The van der Waals surface area contributed by atoms with Gasteiger partial charge in [0.1, 0.15) is 5.60 Å². The van der Waals surface area contributed by atoms with E-state index in [0.717, 1.165) is 12.8 Å². The van der Waals surface area contributed by atoms with Gasteiger partial charge in [-0.15, -0.1) is 0 Å². The molecule has 1 aliphatic heterocycles. The van der Waals surface area contributed by atoms with Crippen molar-refractivity contribution in [2.45, 2.75) is 51.7 Å². The average Bonchev–Trinajstić information content (AvgIpc) is 2.66. The van der Waals surface area contributed by atoms with Gasteiger partial charge in [0.2, 0.25) is 0 Å². The molecule has 90 valence electrons. The number of amides is 1. The highest BCUT2D eigenvalue weighted by Gasteiger charge is 2.46. The Bertz CT molecular complexity index is 319. The Morgan fingerprint density at radius 2 is 2.06 bits per heavy atom. The molecule has 16 heavy (non-hydrogen) atoms. The summed E-state index contributed by atoms with van der Waals surface area (Å²) in [7, 11) is 0. The first-order valence-corrected chi connectivity index (χ1v) is 5.91. The smallest absolute Gasteiger partial charge is 0.410 e. The summed E-state index contributed by atoms with van der Waals surface area (Å²) in [6.45, 7) is 6.19. The van der Waals surface area contributed by atoms with Crippen LogP contribution in [0.15, 0.2) is 0 Å². The van der Waals surface area contributed by atoms with Crippen molar-refractivity contribution in [2.75, 3.05) is 6.54 Å². The Hall–Kier alpha value is -1.06. The van der Waals surface area contributed by atoms with Gasteiger partial charge >= 0.3 is 6.09 Å². The Morgan fingerprint density at radius 3 is 2.69 bits per heavy atom. The molecule has 1 saturated carbocycles. The topological polar surface area (TPSA) is 46.6 Å². The molecule has 0 spiro atoms. The van der Waals surface area contributed by atoms with Crippen LogP contribution in [-0.4, -0.2) is 35.0 Å². The maximum atomic E-state index is 11.9. The van der Waals surface area contributed by atoms with Crippen molar-refractivity contribution in [3.05, 3.63) is 0 Å². The van der Waals surface area contributed by atoms with Crippen LogP contribution in [0.2, 0.25) is 0 Å². The lowest BCUT2D eigenvalue weighted by atomic mass is 10.0. The number of hydrogen-bond donors (Lipinski definition) is 0. The molecule has 4 heteroatoms. The summed E-state index contributed by atoms with van der Waals surface area (Å²) in [5.41, 5.74) is -0.489. The highest BCUT2D eigenvalue weighted by atomic mass is 16.6. The third kappa shape index (κ3) is 2.06. The molecule has 0 N–H and O–H groups in total. The molecule has 0 aromatic carbocycles. The highest BCUT2D eigenvalue weighted by molar-refractivity contribution is 5.90. The van der Waals surface area contributed by atoms with E-state index in [-0.39, 0.29) is 17.9 Å². The molecule has 2 aliphatic rings. The first-order chi connectivity index (χ1) is 7.38. The number of carbonyl (C=O) groups is 2. The van der Waals surface area contributed by atoms with E-state index in [1.165, 1.54) is 0 Å². The zero-order chi connectivity index (χ0) is 11.9. The molecule has 2 fully saturated rings. The fraction of sp³-hybridized carbons (Fsp3) is 0.833. The number of likely N-dealkylation sites (tertiary alicyclic amines) is 1. The molecule has 1 saturated heterocycles. The minimum atomic E-state index is -0.489. The molecule has 1 heterocycles. The lowest BCUT2D eigenvalue weighted by Crippen LogP contribution is -2.43. The fourth-order valence-corrected chi connectivity index (χ4v) is 2.60. The van der Waals surface area contributed by atoms with E-state index in [0.29, 0.717) is 18.9 Å². The summed E-state index contributed by atoms with van der Waals surface area (Å²) in [6, 6.07) is -0.199. The van der Waals surface area contributed by atoms with Crippen molar-refractivity contribution in [1.29, 1.82) is 0 Å². The van der Waals surface area contributed by atoms with Crippen molar-refractivity contribution in [1.82, 2.24) is 4.90 Å². The van der Waals surface area contributed by atoms with Crippen LogP contribution in [0.5, 0.6) is 0 Å². The summed E-state index contributed by atoms with van der Waals surface area (Å²) < 4.78 is 5.31. The number of Topliss-reactive ketones (excluding diaryl/α,β-unsaturated/α-hetero) is 1. The molecular weight excluding hydrogens is 206 g/mol. The predicted octanol–water partition coefficient (Wildman–Crippen LogP) is 1.97. The molecule has 0 aromatic rings. The van der Waals surface area contributed by atoms with Crippen molar-refractivity contribution < 1.29 is 14.3 Å². The van der Waals surface area contributed by atoms with Crippen LogP contribution in [0.25, 0.3) is 0 Å². The van der Waals surface area contributed by atoms with Gasteiger partial charge in [-0.3, -0.25) is 9.69 Å². The molecule has 4 nitrogen and oxygen atoms in total. The number of ether oxygens (including phenoxy) is 1. The van der Waals surface area contributed by atoms with Crippen LogP contribution in [0.3, 0.4) is 0 Å². The second-order valence-corrected chi connectivity index (χ2v) is 5.67. The van der Waals surface area contributed by atoms with Crippen molar-refractivity contribution in [2.24, 2.45) is 5.92 Å². The summed E-state index contributed by atoms with van der Waals surface area (Å²) in [6.07, 6.45) is 2.16. The second kappa shape index (κ2) is 3.75. The average molecular weight is 225 g/mol. The van der Waals surface area contributed by atoms with Crippen LogP contribution in [0.4, 0.5) is 4.79 Å². The number of rotatable bonds is 0. The minimum absolute atomic E-state index is 0.199. The quantitative estimate of drug-likeness (QED) is 0.633. The van der Waals surface area contributed by atoms with Gasteiger partial charge in [0, 0.05) is 13.0 Å². The first kappa shape index (κ1) is 11.4. The van der Waals surface area contributed by atoms with Gasteiger partial charge in [-0.1, -0.05) is 0 Å². The summed E-state index contributed by atoms with van der Waals surface area (Å²) in [5, 5.41) is 0. The normalized spacial score (nSPS) is 29.4. The second-order valence-electron chi connectivity index (χ2n) is 5.67. The van der Waals surface area contributed by atoms with Gasteiger partial charge in [-0.05, 0) is 39.5 Å². The molecule has 0 bridgehead atoms. The van der Waals surface area contributed by atoms with Gasteiger partial charge < -0.3 is 4.74 Å². The van der Waals surface area contributed by atoms with Crippen molar-refractivity contribution in [3.8, 4) is 0 Å². The van der Waals surface area contributed by atoms with Crippen LogP contribution >= 0.6 is 0 Å². The largest absolute Gasteiger partial charge is 0.444 e. The van der Waals surface area contributed by atoms with E-state index in [9.17, 15) is 9.59 Å². The van der Waals surface area contributed by atoms with Gasteiger partial charge in [-0.2, -0.15) is 0 Å². The van der Waals surface area contributed by atoms with Crippen LogP contribution in [0.1, 0.15) is 40.0 Å². The third-order valence-electron chi connectivity index (χ3n) is 3.24. The molecule has 2 rings (SSSR count). The third-order valence-corrected chi connectivity index (χ3v) is 3.24. The van der Waals surface area contributed by atoms with Crippen molar-refractivity contribution >= 4 is 11.9 Å². The monoisotopic (exact) mass is 225 g/mol. The standard InChI is InChI=1S/C12H19NO3/c1-12(2,3)16-11(15)13-7-6-8-4-5-9(14)10(8)13/h8,10H,4-7H2,1-3H3/t8-,10-/m1/s1. The Kier molecular flexibility index (Phi) is 2.68. The molecule has 0 unspecified atom stereocenters. The maximum absolute atomic E-state index is 11.9. The summed E-state index contributed by atoms with van der Waals surface area (Å²) in [4.78, 5) is 25.2. The van der Waals surface area contributed by atoms with E-state index in [1.54, 1.807) is 4.90 Å². The van der Waals surface area contributed by atoms with Crippen LogP contribution in [0, 0.1) is 5.92 Å². The van der Waals surface area contributed by atoms with Gasteiger partial charge in [0.25, 0.3) is 0 Å². The number of fused-ring (bicyclic) bond motifs is 1. The van der Waals surface area contributed by atoms with E-state index in [4.69, 9.17) is 4.74 Å². The Balaban J connectivity index is 2.05. The lowest BCUT2D eigenvalue weighted by Gasteiger charge is -2.27. The maximum Gasteiger partial charge on any atom is 0.410 e. The molecule has 0 radical (unpaired) electrons. The van der Waals surface area contributed by atoms with Gasteiger partial charge in [-0.25, -0.2) is 4.79 Å². The van der Waals surface area contributed by atoms with E-state index >= 15 is 0 Å². The van der Waals surface area contributed by atoms with E-state index in [1.807, 2.05) is 20.8 Å². The van der Waals surface area contributed by atoms with E-state index in [2.05, 4.69) is 0 Å². The molecule has 2 atom stereocenters. The van der Waals surface area contributed by atoms with Crippen LogP contribution < -0.4 is 0 Å². The molecule has 1 aliphatic carbocycles. The zero-order valence-electron chi connectivity index (χ0n) is 10.2. The van der Waals surface area contributed by atoms with E-state index < -0.39 is 5.60 Å². The van der Waals surface area contributed by atoms with Gasteiger partial charge in [0.15, 0.2) is 5.78 Å². The molecule has 0 aromatic heterocycles. The predicted molar refractivity (Wildman–Crippen MR) is 59.1 cm³/mol. The number of carbonyl (C=O) groups excluding carboxylic acids is 2. The number of nitrogens with zero attached hydrogens (tertiary/aromatic N) is 1. The SMILES string of the molecule is CC(C)(C)OC(=O)N1CC[C@H]2CCC(=O)[C@@H]21. The molecule has 1 amide bonds.